The lowest BCUT2D eigenvalue weighted by Crippen LogP contribution is -2.37. The molecule has 4 N–H and O–H groups in total. The number of methoxy groups -OCH3 is 1. The lowest BCUT2D eigenvalue weighted by Gasteiger charge is -2.28. The van der Waals surface area contributed by atoms with E-state index < -0.39 is 10.0 Å². The molecule has 9 nitrogen and oxygen atoms in total. The molecule has 2 heterocycles. The van der Waals surface area contributed by atoms with Gasteiger partial charge in [-0.15, -0.1) is 0 Å². The van der Waals surface area contributed by atoms with Crippen molar-refractivity contribution in [3.05, 3.63) is 53.7 Å². The number of sulfonamides is 1. The molecule has 0 unspecified atom stereocenters. The van der Waals surface area contributed by atoms with Crippen molar-refractivity contribution >= 4 is 26.8 Å². The quantitative estimate of drug-likeness (QED) is 0.397. The summed E-state index contributed by atoms with van der Waals surface area (Å²) in [6.45, 7) is 1.63. The minimum absolute atomic E-state index is 0.0651. The Morgan fingerprint density at radius 2 is 1.94 bits per heavy atom. The smallest absolute Gasteiger partial charge is 0.243 e. The van der Waals surface area contributed by atoms with Crippen molar-refractivity contribution < 1.29 is 23.1 Å². The second-order valence-corrected chi connectivity index (χ2v) is 10.3. The van der Waals surface area contributed by atoms with E-state index in [-0.39, 0.29) is 29.6 Å². The number of phenolic OH excluding ortho intramolecular Hbond substituents is 1. The number of hydrogen-bond donors (Lipinski definition) is 3. The fraction of sp³-hybridized carbons (Fsp3) is 0.375. The van der Waals surface area contributed by atoms with Crippen LogP contribution in [0.3, 0.4) is 0 Å². The molecule has 34 heavy (non-hydrogen) atoms. The van der Waals surface area contributed by atoms with Crippen molar-refractivity contribution in [2.45, 2.75) is 37.2 Å². The number of aromatic hydroxyl groups is 1. The summed E-state index contributed by atoms with van der Waals surface area (Å²) in [6.07, 6.45) is 2.11. The highest BCUT2D eigenvalue weighted by Crippen LogP contribution is 2.35. The molecule has 0 atom stereocenters. The topological polar surface area (TPSA) is 127 Å². The van der Waals surface area contributed by atoms with E-state index in [1.54, 1.807) is 30.3 Å². The van der Waals surface area contributed by atoms with E-state index in [4.69, 9.17) is 10.5 Å². The van der Waals surface area contributed by atoms with Crippen molar-refractivity contribution in [1.29, 1.82) is 0 Å². The lowest BCUT2D eigenvalue weighted by molar-refractivity contribution is -0.121. The molecule has 1 aliphatic heterocycles. The van der Waals surface area contributed by atoms with Crippen LogP contribution in [0.4, 0.5) is 0 Å². The summed E-state index contributed by atoms with van der Waals surface area (Å²) in [5.74, 6) is 0.559. The van der Waals surface area contributed by atoms with Crippen LogP contribution in [0.15, 0.2) is 47.4 Å². The number of nitrogens with two attached hydrogens (primary N) is 1. The predicted octanol–water partition coefficient (Wildman–Crippen LogP) is 1.96. The van der Waals surface area contributed by atoms with Gasteiger partial charge in [0.2, 0.25) is 15.9 Å². The number of phenols is 1. The first kappa shape index (κ1) is 24.1. The second kappa shape index (κ2) is 10.0. The van der Waals surface area contributed by atoms with Gasteiger partial charge >= 0.3 is 0 Å². The first-order chi connectivity index (χ1) is 16.3. The number of unbranched alkanes of at least 4 members (excludes halogenated alkanes) is 1. The molecule has 0 fully saturated rings. The predicted molar refractivity (Wildman–Crippen MR) is 129 cm³/mol. The van der Waals surface area contributed by atoms with Crippen molar-refractivity contribution in [2.75, 3.05) is 26.7 Å². The molecule has 182 valence electrons. The van der Waals surface area contributed by atoms with E-state index in [1.165, 1.54) is 23.5 Å². The minimum atomic E-state index is -3.74. The second-order valence-electron chi connectivity index (χ2n) is 8.32. The van der Waals surface area contributed by atoms with Gasteiger partial charge in [-0.25, -0.2) is 8.42 Å². The van der Waals surface area contributed by atoms with E-state index in [2.05, 4.69) is 5.32 Å². The maximum atomic E-state index is 13.3. The van der Waals surface area contributed by atoms with Crippen LogP contribution in [0.5, 0.6) is 11.5 Å². The van der Waals surface area contributed by atoms with E-state index in [1.807, 2.05) is 4.57 Å². The summed E-state index contributed by atoms with van der Waals surface area (Å²) in [4.78, 5) is 12.9. The number of carbonyl (C=O) groups is 1. The molecule has 0 spiro atoms. The van der Waals surface area contributed by atoms with Gasteiger partial charge in [0.25, 0.3) is 0 Å². The third kappa shape index (κ3) is 4.75. The largest absolute Gasteiger partial charge is 0.508 e. The SMILES string of the molecule is COc1ccc(S(=O)(=O)N2CCc3c(n(CC(=O)NCCCCN)c4ccc(O)cc34)C2)cc1. The van der Waals surface area contributed by atoms with Gasteiger partial charge in [0, 0.05) is 29.7 Å². The lowest BCUT2D eigenvalue weighted by atomic mass is 10.0. The summed E-state index contributed by atoms with van der Waals surface area (Å²) in [6, 6.07) is 11.3. The van der Waals surface area contributed by atoms with Gasteiger partial charge in [-0.3, -0.25) is 4.79 Å². The first-order valence-electron chi connectivity index (χ1n) is 11.3. The Balaban J connectivity index is 1.65. The Kier molecular flexibility index (Phi) is 7.11. The number of ether oxygens (including phenoxy) is 1. The van der Waals surface area contributed by atoms with Crippen molar-refractivity contribution in [1.82, 2.24) is 14.2 Å². The number of fused-ring (bicyclic) bond motifs is 3. The van der Waals surface area contributed by atoms with Crippen LogP contribution in [-0.2, 0) is 34.3 Å². The van der Waals surface area contributed by atoms with Gasteiger partial charge in [-0.1, -0.05) is 0 Å². The minimum Gasteiger partial charge on any atom is -0.508 e. The molecule has 1 aliphatic rings. The summed E-state index contributed by atoms with van der Waals surface area (Å²) in [5, 5.41) is 13.8. The van der Waals surface area contributed by atoms with Crippen molar-refractivity contribution in [2.24, 2.45) is 5.73 Å². The standard InChI is InChI=1S/C24H30N4O5S/c1-33-18-5-7-19(8-6-18)34(31,32)27-13-10-20-21-14-17(29)4-9-22(21)28(23(20)15-27)16-24(30)26-12-3-2-11-25/h4-9,14,29H,2-3,10-13,15-16,25H2,1H3,(H,26,30). The van der Waals surface area contributed by atoms with Gasteiger partial charge in [0.05, 0.1) is 18.6 Å². The molecule has 0 aliphatic carbocycles. The van der Waals surface area contributed by atoms with Crippen LogP contribution in [-0.4, -0.2) is 55.0 Å². The van der Waals surface area contributed by atoms with Crippen LogP contribution in [0, 0.1) is 0 Å². The highest BCUT2D eigenvalue weighted by atomic mass is 32.2. The summed E-state index contributed by atoms with van der Waals surface area (Å²) >= 11 is 0. The molecule has 1 amide bonds. The fourth-order valence-corrected chi connectivity index (χ4v) is 5.79. The third-order valence-corrected chi connectivity index (χ3v) is 8.02. The van der Waals surface area contributed by atoms with Crippen molar-refractivity contribution in [3.8, 4) is 11.5 Å². The summed E-state index contributed by atoms with van der Waals surface area (Å²) < 4.78 is 35.1. The molecule has 4 rings (SSSR count). The summed E-state index contributed by atoms with van der Waals surface area (Å²) in [5.41, 5.74) is 8.03. The molecule has 0 saturated heterocycles. The maximum Gasteiger partial charge on any atom is 0.243 e. The maximum absolute atomic E-state index is 13.3. The number of nitrogens with zero attached hydrogens (tertiary/aromatic N) is 2. The van der Waals surface area contributed by atoms with Gasteiger partial charge in [-0.05, 0) is 73.8 Å². The Morgan fingerprint density at radius 3 is 2.65 bits per heavy atom. The van der Waals surface area contributed by atoms with Crippen molar-refractivity contribution in [3.63, 3.8) is 0 Å². The van der Waals surface area contributed by atoms with E-state index in [9.17, 15) is 18.3 Å². The molecule has 2 aromatic carbocycles. The number of carbonyl (C=O) groups excluding carboxylic acids is 1. The van der Waals surface area contributed by atoms with Crippen LogP contribution in [0.2, 0.25) is 0 Å². The van der Waals surface area contributed by atoms with Gasteiger partial charge in [0.15, 0.2) is 0 Å². The van der Waals surface area contributed by atoms with Crippen LogP contribution in [0.1, 0.15) is 24.1 Å². The Morgan fingerprint density at radius 1 is 1.18 bits per heavy atom. The first-order valence-corrected chi connectivity index (χ1v) is 12.7. The van der Waals surface area contributed by atoms with E-state index in [0.717, 1.165) is 35.0 Å². The van der Waals surface area contributed by atoms with Gasteiger partial charge in [0.1, 0.15) is 18.0 Å². The Hall–Kier alpha value is -3.08. The Bertz CT molecular complexity index is 1280. The molecule has 3 aromatic rings. The number of rotatable bonds is 9. The number of benzene rings is 2. The molecular weight excluding hydrogens is 456 g/mol. The van der Waals surface area contributed by atoms with Crippen LogP contribution < -0.4 is 15.8 Å². The van der Waals surface area contributed by atoms with Gasteiger partial charge in [-0.2, -0.15) is 4.31 Å². The highest BCUT2D eigenvalue weighted by molar-refractivity contribution is 7.89. The number of amides is 1. The molecular formula is C24H30N4O5S. The Labute approximate surface area is 199 Å². The van der Waals surface area contributed by atoms with Crippen LogP contribution >= 0.6 is 0 Å². The zero-order valence-corrected chi connectivity index (χ0v) is 20.0. The molecule has 0 saturated carbocycles. The monoisotopic (exact) mass is 486 g/mol. The number of hydrogen-bond acceptors (Lipinski definition) is 6. The number of nitrogens with one attached hydrogen (secondary N) is 1. The van der Waals surface area contributed by atoms with E-state index in [0.29, 0.717) is 31.8 Å². The molecule has 10 heteroatoms. The van der Waals surface area contributed by atoms with Gasteiger partial charge < -0.3 is 25.5 Å². The zero-order chi connectivity index (χ0) is 24.3. The molecule has 0 radical (unpaired) electrons. The molecule has 0 bridgehead atoms. The number of aromatic nitrogens is 1. The average molecular weight is 487 g/mol. The normalized spacial score (nSPS) is 14.2. The zero-order valence-electron chi connectivity index (χ0n) is 19.2. The summed E-state index contributed by atoms with van der Waals surface area (Å²) in [7, 11) is -2.21. The van der Waals surface area contributed by atoms with E-state index >= 15 is 0 Å². The highest BCUT2D eigenvalue weighted by Gasteiger charge is 2.32. The molecule has 1 aromatic heterocycles. The fourth-order valence-electron chi connectivity index (χ4n) is 4.39. The van der Waals surface area contributed by atoms with Crippen LogP contribution in [0.25, 0.3) is 10.9 Å². The average Bonchev–Trinajstić information content (AvgIpc) is 3.14. The third-order valence-electron chi connectivity index (χ3n) is 6.16.